The molecule has 8 heteroatoms. The minimum Gasteiger partial charge on any atom is -0.325 e. The van der Waals surface area contributed by atoms with E-state index in [1.54, 1.807) is 0 Å². The summed E-state index contributed by atoms with van der Waals surface area (Å²) < 4.78 is 35.5. The fourth-order valence-corrected chi connectivity index (χ4v) is 3.71. The van der Waals surface area contributed by atoms with Crippen molar-refractivity contribution >= 4 is 33.8 Å². The number of anilines is 1. The lowest BCUT2D eigenvalue weighted by molar-refractivity contribution is -0.119. The molecule has 0 radical (unpaired) electrons. The first kappa shape index (κ1) is 17.9. The van der Waals surface area contributed by atoms with Gasteiger partial charge in [-0.25, -0.2) is 12.8 Å². The lowest BCUT2D eigenvalue weighted by Crippen LogP contribution is -2.55. The molecule has 118 valence electrons. The summed E-state index contributed by atoms with van der Waals surface area (Å²) in [7, 11) is -3.54. The van der Waals surface area contributed by atoms with E-state index in [4.69, 9.17) is 0 Å². The van der Waals surface area contributed by atoms with E-state index >= 15 is 0 Å². The van der Waals surface area contributed by atoms with Crippen LogP contribution in [0, 0.1) is 5.82 Å². The average Bonchev–Trinajstić information content (AvgIpc) is 2.41. The van der Waals surface area contributed by atoms with E-state index in [1.165, 1.54) is 24.3 Å². The predicted octanol–water partition coefficient (Wildman–Crippen LogP) is 1.35. The van der Waals surface area contributed by atoms with Crippen molar-refractivity contribution in [1.29, 1.82) is 0 Å². The van der Waals surface area contributed by atoms with Gasteiger partial charge in [-0.2, -0.15) is 0 Å². The van der Waals surface area contributed by atoms with E-state index in [1.807, 2.05) is 0 Å². The first-order valence-electron chi connectivity index (χ1n) is 6.32. The Kier molecular flexibility index (Phi) is 5.72. The monoisotopic (exact) mass is 336 g/mol. The summed E-state index contributed by atoms with van der Waals surface area (Å²) in [4.78, 5) is 12.4. The Morgan fingerprint density at radius 2 is 1.76 bits per heavy atom. The molecule has 1 aromatic carbocycles. The molecule has 1 aliphatic heterocycles. The Bertz CT molecular complexity index is 598. The Morgan fingerprint density at radius 1 is 1.24 bits per heavy atom. The van der Waals surface area contributed by atoms with Crippen molar-refractivity contribution in [2.45, 2.75) is 17.6 Å². The lowest BCUT2D eigenvalue weighted by Gasteiger charge is -2.34. The van der Waals surface area contributed by atoms with Crippen molar-refractivity contribution in [2.75, 3.05) is 24.7 Å². The van der Waals surface area contributed by atoms with Crippen LogP contribution < -0.4 is 10.6 Å². The molecule has 0 aliphatic carbocycles. The van der Waals surface area contributed by atoms with E-state index in [0.717, 1.165) is 6.26 Å². The highest BCUT2D eigenvalue weighted by Gasteiger charge is 2.48. The molecule has 0 saturated carbocycles. The second-order valence-electron chi connectivity index (χ2n) is 4.98. The van der Waals surface area contributed by atoms with Crippen LogP contribution in [0.2, 0.25) is 0 Å². The summed E-state index contributed by atoms with van der Waals surface area (Å²) in [5.41, 5.74) is 0.387. The van der Waals surface area contributed by atoms with Crippen molar-refractivity contribution in [3.05, 3.63) is 30.1 Å². The highest BCUT2D eigenvalue weighted by atomic mass is 35.5. The third-order valence-electron chi connectivity index (χ3n) is 3.64. The van der Waals surface area contributed by atoms with Crippen LogP contribution in [0.1, 0.15) is 12.8 Å². The third kappa shape index (κ3) is 3.72. The van der Waals surface area contributed by atoms with Crippen molar-refractivity contribution in [3.63, 3.8) is 0 Å². The number of hydrogen-bond donors (Lipinski definition) is 2. The van der Waals surface area contributed by atoms with Crippen LogP contribution in [0.4, 0.5) is 10.1 Å². The second-order valence-corrected chi connectivity index (χ2v) is 7.30. The maximum atomic E-state index is 12.8. The molecule has 0 aromatic heterocycles. The lowest BCUT2D eigenvalue weighted by atomic mass is 9.95. The van der Waals surface area contributed by atoms with Crippen LogP contribution >= 0.6 is 12.4 Å². The van der Waals surface area contributed by atoms with Gasteiger partial charge in [-0.15, -0.1) is 12.4 Å². The van der Waals surface area contributed by atoms with Crippen molar-refractivity contribution < 1.29 is 17.6 Å². The number of carbonyl (C=O) groups is 1. The largest absolute Gasteiger partial charge is 0.325 e. The minimum absolute atomic E-state index is 0. The van der Waals surface area contributed by atoms with Gasteiger partial charge in [-0.1, -0.05) is 0 Å². The molecule has 1 aliphatic rings. The number of hydrogen-bond acceptors (Lipinski definition) is 4. The van der Waals surface area contributed by atoms with Crippen LogP contribution in [0.15, 0.2) is 24.3 Å². The molecule has 0 spiro atoms. The number of halogens is 2. The molecular formula is C13H18ClFN2O3S. The van der Waals surface area contributed by atoms with Gasteiger partial charge in [0.1, 0.15) is 5.82 Å². The molecule has 1 heterocycles. The van der Waals surface area contributed by atoms with Gasteiger partial charge in [-0.05, 0) is 50.2 Å². The minimum atomic E-state index is -3.54. The van der Waals surface area contributed by atoms with Gasteiger partial charge in [0.2, 0.25) is 5.91 Å². The molecule has 1 amide bonds. The Morgan fingerprint density at radius 3 is 2.24 bits per heavy atom. The quantitative estimate of drug-likeness (QED) is 0.873. The van der Waals surface area contributed by atoms with Gasteiger partial charge in [0.15, 0.2) is 14.6 Å². The van der Waals surface area contributed by atoms with Crippen LogP contribution in [0.5, 0.6) is 0 Å². The van der Waals surface area contributed by atoms with E-state index in [-0.39, 0.29) is 25.2 Å². The number of nitrogens with one attached hydrogen (secondary N) is 2. The first-order chi connectivity index (χ1) is 9.35. The summed E-state index contributed by atoms with van der Waals surface area (Å²) >= 11 is 0. The van der Waals surface area contributed by atoms with E-state index in [0.29, 0.717) is 18.8 Å². The highest BCUT2D eigenvalue weighted by Crippen LogP contribution is 2.29. The molecule has 0 unspecified atom stereocenters. The van der Waals surface area contributed by atoms with Crippen LogP contribution in [-0.4, -0.2) is 38.4 Å². The maximum absolute atomic E-state index is 12.8. The molecule has 1 fully saturated rings. The summed E-state index contributed by atoms with van der Waals surface area (Å²) in [5, 5.41) is 5.62. The summed E-state index contributed by atoms with van der Waals surface area (Å²) in [6.45, 7) is 0.952. The van der Waals surface area contributed by atoms with Gasteiger partial charge >= 0.3 is 0 Å². The molecule has 0 atom stereocenters. The number of benzene rings is 1. The second kappa shape index (κ2) is 6.72. The summed E-state index contributed by atoms with van der Waals surface area (Å²) in [6, 6.07) is 5.24. The fraction of sp³-hybridized carbons (Fsp3) is 0.462. The molecule has 21 heavy (non-hydrogen) atoms. The van der Waals surface area contributed by atoms with Crippen molar-refractivity contribution in [3.8, 4) is 0 Å². The molecule has 5 nitrogen and oxygen atoms in total. The Hall–Kier alpha value is -1.18. The molecule has 1 saturated heterocycles. The van der Waals surface area contributed by atoms with Crippen LogP contribution in [0.25, 0.3) is 0 Å². The van der Waals surface area contributed by atoms with Gasteiger partial charge in [0.25, 0.3) is 0 Å². The normalized spacial score (nSPS) is 17.6. The van der Waals surface area contributed by atoms with Crippen molar-refractivity contribution in [2.24, 2.45) is 0 Å². The van der Waals surface area contributed by atoms with Crippen LogP contribution in [0.3, 0.4) is 0 Å². The molecule has 2 N–H and O–H groups in total. The number of rotatable bonds is 3. The highest BCUT2D eigenvalue weighted by molar-refractivity contribution is 7.92. The molecule has 0 bridgehead atoms. The van der Waals surface area contributed by atoms with E-state index in [2.05, 4.69) is 10.6 Å². The maximum Gasteiger partial charge on any atom is 0.245 e. The molecule has 2 rings (SSSR count). The molecule has 1 aromatic rings. The van der Waals surface area contributed by atoms with Gasteiger partial charge in [-0.3, -0.25) is 4.79 Å². The fourth-order valence-electron chi connectivity index (χ4n) is 2.38. The van der Waals surface area contributed by atoms with E-state index in [9.17, 15) is 17.6 Å². The standard InChI is InChI=1S/C13H17FN2O3S.ClH/c1-20(18,19)13(6-8-15-9-7-13)12(17)16-11-4-2-10(14)3-5-11;/h2-5,15H,6-9H2,1H3,(H,16,17);1H. The first-order valence-corrected chi connectivity index (χ1v) is 8.22. The number of carbonyl (C=O) groups excluding carboxylic acids is 1. The van der Waals surface area contributed by atoms with Gasteiger partial charge < -0.3 is 10.6 Å². The SMILES string of the molecule is CS(=O)(=O)C1(C(=O)Nc2ccc(F)cc2)CCNCC1.Cl. The number of amides is 1. The zero-order valence-electron chi connectivity index (χ0n) is 11.6. The Balaban J connectivity index is 0.00000220. The predicted molar refractivity (Wildman–Crippen MR) is 82.0 cm³/mol. The average molecular weight is 337 g/mol. The number of sulfone groups is 1. The third-order valence-corrected chi connectivity index (χ3v) is 5.65. The summed E-state index contributed by atoms with van der Waals surface area (Å²) in [6.07, 6.45) is 1.56. The van der Waals surface area contributed by atoms with Gasteiger partial charge in [0.05, 0.1) is 0 Å². The Labute approximate surface area is 129 Å². The van der Waals surface area contributed by atoms with Crippen LogP contribution in [-0.2, 0) is 14.6 Å². The smallest absolute Gasteiger partial charge is 0.245 e. The zero-order chi connectivity index (χ0) is 14.8. The van der Waals surface area contributed by atoms with E-state index < -0.39 is 26.3 Å². The van der Waals surface area contributed by atoms with Crippen molar-refractivity contribution in [1.82, 2.24) is 5.32 Å². The van der Waals surface area contributed by atoms with Gasteiger partial charge in [0, 0.05) is 11.9 Å². The summed E-state index contributed by atoms with van der Waals surface area (Å²) in [5.74, 6) is -0.962. The zero-order valence-corrected chi connectivity index (χ0v) is 13.2. The number of piperidine rings is 1. The molecular weight excluding hydrogens is 319 g/mol. The topological polar surface area (TPSA) is 75.3 Å².